The fourth-order valence-electron chi connectivity index (χ4n) is 3.68. The van der Waals surface area contributed by atoms with Gasteiger partial charge in [0.05, 0.1) is 17.1 Å². The number of rotatable bonds is 3. The van der Waals surface area contributed by atoms with Crippen LogP contribution in [0.15, 0.2) is 12.1 Å². The first kappa shape index (κ1) is 14.1. The summed E-state index contributed by atoms with van der Waals surface area (Å²) < 4.78 is 0. The van der Waals surface area contributed by atoms with E-state index in [0.717, 1.165) is 25.9 Å². The highest BCUT2D eigenvalue weighted by Gasteiger charge is 2.37. The molecule has 7 heteroatoms. The third kappa shape index (κ3) is 2.78. The van der Waals surface area contributed by atoms with Crippen molar-refractivity contribution in [2.24, 2.45) is 11.3 Å². The van der Waals surface area contributed by atoms with Gasteiger partial charge in [-0.25, -0.2) is 10.8 Å². The first-order valence-electron chi connectivity index (χ1n) is 7.50. The van der Waals surface area contributed by atoms with Gasteiger partial charge in [-0.3, -0.25) is 10.1 Å². The normalized spacial score (nSPS) is 20.7. The highest BCUT2D eigenvalue weighted by atomic mass is 16.6. The predicted octanol–water partition coefficient (Wildman–Crippen LogP) is 2.44. The molecule has 2 heterocycles. The molecule has 2 fully saturated rings. The second-order valence-corrected chi connectivity index (χ2v) is 6.16. The van der Waals surface area contributed by atoms with E-state index in [2.05, 4.69) is 15.3 Å². The van der Waals surface area contributed by atoms with Crippen molar-refractivity contribution in [1.29, 1.82) is 0 Å². The second-order valence-electron chi connectivity index (χ2n) is 6.16. The topological polar surface area (TPSA) is 97.3 Å². The van der Waals surface area contributed by atoms with Crippen LogP contribution in [0.4, 0.5) is 17.3 Å². The molecule has 21 heavy (non-hydrogen) atoms. The number of hydrogen-bond donors (Lipinski definition) is 2. The van der Waals surface area contributed by atoms with E-state index in [4.69, 9.17) is 5.84 Å². The van der Waals surface area contributed by atoms with E-state index < -0.39 is 4.92 Å². The Balaban J connectivity index is 1.78. The molecule has 2 aliphatic rings. The summed E-state index contributed by atoms with van der Waals surface area (Å²) in [6.45, 7) is 1.83. The van der Waals surface area contributed by atoms with Crippen LogP contribution in [0.1, 0.15) is 38.5 Å². The van der Waals surface area contributed by atoms with Gasteiger partial charge in [-0.05, 0) is 31.1 Å². The van der Waals surface area contributed by atoms with Crippen LogP contribution in [-0.4, -0.2) is 23.0 Å². The molecule has 1 aromatic rings. The summed E-state index contributed by atoms with van der Waals surface area (Å²) in [5.41, 5.74) is 2.95. The predicted molar refractivity (Wildman–Crippen MR) is 81.0 cm³/mol. The van der Waals surface area contributed by atoms with Crippen LogP contribution < -0.4 is 16.2 Å². The fourth-order valence-corrected chi connectivity index (χ4v) is 3.68. The summed E-state index contributed by atoms with van der Waals surface area (Å²) in [4.78, 5) is 17.1. The average Bonchev–Trinajstić information content (AvgIpc) is 2.95. The van der Waals surface area contributed by atoms with Gasteiger partial charge in [0.15, 0.2) is 0 Å². The van der Waals surface area contributed by atoms with Gasteiger partial charge in [0.2, 0.25) is 0 Å². The Morgan fingerprint density at radius 1 is 1.24 bits per heavy atom. The molecule has 0 radical (unpaired) electrons. The zero-order valence-electron chi connectivity index (χ0n) is 12.0. The van der Waals surface area contributed by atoms with Crippen LogP contribution in [0.25, 0.3) is 0 Å². The SMILES string of the molecule is NNc1cc([N+](=O)[O-])cc(N2CCC3(CCCC3)CC2)n1. The Kier molecular flexibility index (Phi) is 3.67. The van der Waals surface area contributed by atoms with Crippen molar-refractivity contribution in [1.82, 2.24) is 4.98 Å². The van der Waals surface area contributed by atoms with Crippen LogP contribution in [0.3, 0.4) is 0 Å². The van der Waals surface area contributed by atoms with Crippen LogP contribution in [0.5, 0.6) is 0 Å². The van der Waals surface area contributed by atoms with Gasteiger partial charge >= 0.3 is 0 Å². The monoisotopic (exact) mass is 291 g/mol. The summed E-state index contributed by atoms with van der Waals surface area (Å²) in [7, 11) is 0. The van der Waals surface area contributed by atoms with E-state index in [1.165, 1.54) is 37.8 Å². The van der Waals surface area contributed by atoms with E-state index in [1.54, 1.807) is 0 Å². The lowest BCUT2D eigenvalue weighted by atomic mass is 9.77. The number of nitrogens with two attached hydrogens (primary N) is 1. The number of hydrazine groups is 1. The molecule has 1 spiro atoms. The maximum atomic E-state index is 11.0. The molecule has 3 rings (SSSR count). The van der Waals surface area contributed by atoms with Gasteiger partial charge in [0, 0.05) is 13.1 Å². The van der Waals surface area contributed by atoms with Crippen molar-refractivity contribution in [3.05, 3.63) is 22.2 Å². The molecule has 1 aliphatic heterocycles. The number of anilines is 2. The number of nitro groups is 1. The molecule has 0 atom stereocenters. The molecule has 0 unspecified atom stereocenters. The molecule has 7 nitrogen and oxygen atoms in total. The Hall–Kier alpha value is -1.89. The van der Waals surface area contributed by atoms with Crippen LogP contribution in [0, 0.1) is 15.5 Å². The van der Waals surface area contributed by atoms with Crippen LogP contribution in [-0.2, 0) is 0 Å². The zero-order chi connectivity index (χ0) is 14.9. The van der Waals surface area contributed by atoms with E-state index in [0.29, 0.717) is 17.1 Å². The lowest BCUT2D eigenvalue weighted by Gasteiger charge is -2.39. The lowest BCUT2D eigenvalue weighted by Crippen LogP contribution is -2.39. The third-order valence-corrected chi connectivity index (χ3v) is 4.97. The molecular weight excluding hydrogens is 270 g/mol. The third-order valence-electron chi connectivity index (χ3n) is 4.97. The lowest BCUT2D eigenvalue weighted by molar-refractivity contribution is -0.384. The molecule has 0 amide bonds. The molecule has 1 aromatic heterocycles. The highest BCUT2D eigenvalue weighted by molar-refractivity contribution is 5.55. The maximum Gasteiger partial charge on any atom is 0.276 e. The van der Waals surface area contributed by atoms with Gasteiger partial charge in [-0.1, -0.05) is 12.8 Å². The van der Waals surface area contributed by atoms with Crippen LogP contribution >= 0.6 is 0 Å². The number of nitrogens with zero attached hydrogens (tertiary/aromatic N) is 3. The minimum atomic E-state index is -0.408. The molecule has 114 valence electrons. The fraction of sp³-hybridized carbons (Fsp3) is 0.643. The van der Waals surface area contributed by atoms with Gasteiger partial charge in [-0.2, -0.15) is 0 Å². The summed E-state index contributed by atoms with van der Waals surface area (Å²) >= 11 is 0. The number of aromatic nitrogens is 1. The molecule has 1 saturated heterocycles. The van der Waals surface area contributed by atoms with Gasteiger partial charge < -0.3 is 10.3 Å². The van der Waals surface area contributed by atoms with Crippen molar-refractivity contribution in [2.45, 2.75) is 38.5 Å². The maximum absolute atomic E-state index is 11.0. The minimum Gasteiger partial charge on any atom is -0.356 e. The second kappa shape index (κ2) is 5.48. The number of nitrogen functional groups attached to an aromatic ring is 1. The van der Waals surface area contributed by atoms with E-state index >= 15 is 0 Å². The number of pyridine rings is 1. The summed E-state index contributed by atoms with van der Waals surface area (Å²) in [5.74, 6) is 6.34. The molecule has 1 saturated carbocycles. The zero-order valence-corrected chi connectivity index (χ0v) is 12.0. The van der Waals surface area contributed by atoms with E-state index in [9.17, 15) is 10.1 Å². The van der Waals surface area contributed by atoms with Crippen molar-refractivity contribution in [2.75, 3.05) is 23.4 Å². The smallest absolute Gasteiger partial charge is 0.276 e. The van der Waals surface area contributed by atoms with E-state index in [1.807, 2.05) is 0 Å². The Labute approximate surface area is 123 Å². The Bertz CT molecular complexity index is 532. The quantitative estimate of drug-likeness (QED) is 0.504. The molecule has 3 N–H and O–H groups in total. The molecular formula is C14H21N5O2. The average molecular weight is 291 g/mol. The first-order valence-corrected chi connectivity index (χ1v) is 7.50. The number of piperidine rings is 1. The molecule has 1 aliphatic carbocycles. The van der Waals surface area contributed by atoms with E-state index in [-0.39, 0.29) is 5.69 Å². The van der Waals surface area contributed by atoms with Gasteiger partial charge in [0.25, 0.3) is 5.69 Å². The van der Waals surface area contributed by atoms with Crippen molar-refractivity contribution < 1.29 is 4.92 Å². The van der Waals surface area contributed by atoms with Crippen LogP contribution in [0.2, 0.25) is 0 Å². The largest absolute Gasteiger partial charge is 0.356 e. The van der Waals surface area contributed by atoms with Gasteiger partial charge in [0.1, 0.15) is 11.6 Å². The summed E-state index contributed by atoms with van der Waals surface area (Å²) in [6.07, 6.45) is 7.66. The highest BCUT2D eigenvalue weighted by Crippen LogP contribution is 2.46. The summed E-state index contributed by atoms with van der Waals surface area (Å²) in [6, 6.07) is 2.89. The Morgan fingerprint density at radius 2 is 1.90 bits per heavy atom. The minimum absolute atomic E-state index is 0.0223. The molecule has 0 bridgehead atoms. The van der Waals surface area contributed by atoms with Crippen molar-refractivity contribution in [3.63, 3.8) is 0 Å². The first-order chi connectivity index (χ1) is 10.1. The van der Waals surface area contributed by atoms with Crippen molar-refractivity contribution >= 4 is 17.3 Å². The Morgan fingerprint density at radius 3 is 2.48 bits per heavy atom. The summed E-state index contributed by atoms with van der Waals surface area (Å²) in [5, 5.41) is 11.0. The number of nitrogens with one attached hydrogen (secondary N) is 1. The molecule has 0 aromatic carbocycles. The van der Waals surface area contributed by atoms with Gasteiger partial charge in [-0.15, -0.1) is 0 Å². The standard InChI is InChI=1S/C14H21N5O2/c15-17-12-9-11(19(20)21)10-13(16-12)18-7-5-14(6-8-18)3-1-2-4-14/h9-10H,1-8,15H2,(H,16,17). The number of hydrogen-bond acceptors (Lipinski definition) is 6. The van der Waals surface area contributed by atoms with Crippen molar-refractivity contribution in [3.8, 4) is 0 Å².